The Labute approximate surface area is 167 Å². The van der Waals surface area contributed by atoms with Gasteiger partial charge in [-0.25, -0.2) is 9.69 Å². The number of anilines is 1. The number of imide groups is 1. The van der Waals surface area contributed by atoms with Crippen LogP contribution in [-0.4, -0.2) is 22.8 Å². The molecule has 0 saturated heterocycles. The predicted molar refractivity (Wildman–Crippen MR) is 106 cm³/mol. The minimum absolute atomic E-state index is 0.129. The van der Waals surface area contributed by atoms with Gasteiger partial charge in [0.2, 0.25) is 0 Å². The number of hydrogen-bond donors (Lipinski definition) is 0. The summed E-state index contributed by atoms with van der Waals surface area (Å²) in [6.45, 7) is 0. The van der Waals surface area contributed by atoms with Crippen molar-refractivity contribution in [2.45, 2.75) is 0 Å². The second-order valence-electron chi connectivity index (χ2n) is 5.74. The molecule has 2 heterocycles. The summed E-state index contributed by atoms with van der Waals surface area (Å²) >= 11 is 2.16. The molecule has 0 bridgehead atoms. The Bertz CT molecular complexity index is 1030. The highest BCUT2D eigenvalue weighted by Crippen LogP contribution is 2.27. The number of carbonyl (C=O) groups excluding carboxylic acids is 3. The summed E-state index contributed by atoms with van der Waals surface area (Å²) in [7, 11) is 0. The quantitative estimate of drug-likeness (QED) is 0.253. The number of ether oxygens (including phenoxy) is 1. The molecule has 0 spiro atoms. The van der Waals surface area contributed by atoms with E-state index >= 15 is 0 Å². The summed E-state index contributed by atoms with van der Waals surface area (Å²) in [5, 5.41) is 0. The molecule has 2 amide bonds. The molecule has 2 aromatic carbocycles. The van der Waals surface area contributed by atoms with Gasteiger partial charge in [0.1, 0.15) is 11.4 Å². The average Bonchev–Trinajstić information content (AvgIpc) is 2.95. The van der Waals surface area contributed by atoms with Crippen LogP contribution in [0.15, 0.2) is 66.9 Å². The van der Waals surface area contributed by atoms with E-state index in [9.17, 15) is 14.4 Å². The minimum Gasteiger partial charge on any atom is -0.423 e. The molecule has 0 fully saturated rings. The number of carbonyl (C=O) groups is 3. The zero-order valence-electron chi connectivity index (χ0n) is 13.8. The maximum absolute atomic E-state index is 12.5. The van der Waals surface area contributed by atoms with E-state index in [0.717, 1.165) is 8.47 Å². The number of aromatic nitrogens is 1. The summed E-state index contributed by atoms with van der Waals surface area (Å²) in [6, 6.07) is 16.4. The van der Waals surface area contributed by atoms with Gasteiger partial charge in [-0.2, -0.15) is 0 Å². The Hall–Kier alpha value is -3.07. The van der Waals surface area contributed by atoms with Gasteiger partial charge in [0, 0.05) is 9.77 Å². The Morgan fingerprint density at radius 2 is 1.63 bits per heavy atom. The molecule has 132 valence electrons. The van der Waals surface area contributed by atoms with Crippen LogP contribution >= 0.6 is 22.6 Å². The number of pyridine rings is 1. The van der Waals surface area contributed by atoms with Gasteiger partial charge >= 0.3 is 5.97 Å². The second kappa shape index (κ2) is 6.92. The lowest BCUT2D eigenvalue weighted by Crippen LogP contribution is -2.29. The monoisotopic (exact) mass is 470 g/mol. The Kier molecular flexibility index (Phi) is 4.44. The fourth-order valence-electron chi connectivity index (χ4n) is 2.72. The highest BCUT2D eigenvalue weighted by molar-refractivity contribution is 14.1. The van der Waals surface area contributed by atoms with Gasteiger partial charge < -0.3 is 4.74 Å². The van der Waals surface area contributed by atoms with Crippen molar-refractivity contribution in [3.05, 3.63) is 87.3 Å². The third kappa shape index (κ3) is 3.21. The van der Waals surface area contributed by atoms with Crippen LogP contribution < -0.4 is 9.64 Å². The Morgan fingerprint density at radius 1 is 0.926 bits per heavy atom. The van der Waals surface area contributed by atoms with Gasteiger partial charge in [-0.3, -0.25) is 14.6 Å². The SMILES string of the molecule is O=C(Oc1ccc(I)cc1)c1ccc(N2C(=O)c3cccnc3C2=O)cc1. The van der Waals surface area contributed by atoms with E-state index < -0.39 is 17.8 Å². The van der Waals surface area contributed by atoms with Crippen LogP contribution in [0.5, 0.6) is 5.75 Å². The molecule has 1 aromatic heterocycles. The Balaban J connectivity index is 1.54. The van der Waals surface area contributed by atoms with E-state index in [1.807, 2.05) is 12.1 Å². The predicted octanol–water partition coefficient (Wildman–Crippen LogP) is 3.71. The first-order chi connectivity index (χ1) is 13.0. The van der Waals surface area contributed by atoms with Crippen LogP contribution in [0.1, 0.15) is 31.2 Å². The molecule has 7 heteroatoms. The third-order valence-corrected chi connectivity index (χ3v) is 4.75. The molecule has 0 radical (unpaired) electrons. The molecule has 1 aliphatic heterocycles. The van der Waals surface area contributed by atoms with Crippen molar-refractivity contribution >= 4 is 46.1 Å². The first-order valence-electron chi connectivity index (χ1n) is 7.96. The average molecular weight is 470 g/mol. The molecule has 0 saturated carbocycles. The van der Waals surface area contributed by atoms with Gasteiger partial charge in [0.15, 0.2) is 0 Å². The van der Waals surface area contributed by atoms with Crippen molar-refractivity contribution in [3.63, 3.8) is 0 Å². The smallest absolute Gasteiger partial charge is 0.343 e. The maximum Gasteiger partial charge on any atom is 0.343 e. The molecule has 0 unspecified atom stereocenters. The molecule has 0 N–H and O–H groups in total. The van der Waals surface area contributed by atoms with Gasteiger partial charge in [-0.05, 0) is 83.3 Å². The summed E-state index contributed by atoms with van der Waals surface area (Å²) in [4.78, 5) is 42.2. The summed E-state index contributed by atoms with van der Waals surface area (Å²) in [6.07, 6.45) is 1.47. The van der Waals surface area contributed by atoms with E-state index in [2.05, 4.69) is 27.6 Å². The number of amides is 2. The maximum atomic E-state index is 12.5. The highest BCUT2D eigenvalue weighted by Gasteiger charge is 2.37. The molecular formula is C20H11IN2O4. The van der Waals surface area contributed by atoms with Crippen LogP contribution in [0, 0.1) is 3.57 Å². The topological polar surface area (TPSA) is 76.6 Å². The highest BCUT2D eigenvalue weighted by atomic mass is 127. The number of esters is 1. The zero-order valence-corrected chi connectivity index (χ0v) is 15.9. The van der Waals surface area contributed by atoms with Crippen molar-refractivity contribution in [1.29, 1.82) is 0 Å². The van der Waals surface area contributed by atoms with E-state index in [1.54, 1.807) is 24.3 Å². The molecule has 0 aliphatic carbocycles. The fraction of sp³-hybridized carbons (Fsp3) is 0. The van der Waals surface area contributed by atoms with Crippen LogP contribution in [0.2, 0.25) is 0 Å². The van der Waals surface area contributed by atoms with Gasteiger partial charge in [0.25, 0.3) is 11.8 Å². The van der Waals surface area contributed by atoms with Crippen LogP contribution in [-0.2, 0) is 0 Å². The fourth-order valence-corrected chi connectivity index (χ4v) is 3.08. The van der Waals surface area contributed by atoms with Crippen LogP contribution in [0.25, 0.3) is 0 Å². The van der Waals surface area contributed by atoms with Gasteiger partial charge in [-0.15, -0.1) is 0 Å². The van der Waals surface area contributed by atoms with Crippen molar-refractivity contribution in [2.24, 2.45) is 0 Å². The molecule has 6 nitrogen and oxygen atoms in total. The van der Waals surface area contributed by atoms with E-state index in [1.165, 1.54) is 30.5 Å². The van der Waals surface area contributed by atoms with Gasteiger partial charge in [-0.1, -0.05) is 0 Å². The summed E-state index contributed by atoms with van der Waals surface area (Å²) in [5.74, 6) is -0.996. The second-order valence-corrected chi connectivity index (χ2v) is 6.98. The van der Waals surface area contributed by atoms with Crippen molar-refractivity contribution in [1.82, 2.24) is 4.98 Å². The Morgan fingerprint density at radius 3 is 2.30 bits per heavy atom. The first kappa shape index (κ1) is 17.3. The minimum atomic E-state index is -0.521. The molecular weight excluding hydrogens is 459 g/mol. The molecule has 27 heavy (non-hydrogen) atoms. The summed E-state index contributed by atoms with van der Waals surface area (Å²) < 4.78 is 6.35. The third-order valence-electron chi connectivity index (χ3n) is 4.03. The largest absolute Gasteiger partial charge is 0.423 e. The van der Waals surface area contributed by atoms with E-state index in [-0.39, 0.29) is 11.3 Å². The first-order valence-corrected chi connectivity index (χ1v) is 9.04. The van der Waals surface area contributed by atoms with Crippen LogP contribution in [0.4, 0.5) is 5.69 Å². The van der Waals surface area contributed by atoms with E-state index in [4.69, 9.17) is 4.74 Å². The number of fused-ring (bicyclic) bond motifs is 1. The number of rotatable bonds is 3. The number of hydrogen-bond acceptors (Lipinski definition) is 5. The number of benzene rings is 2. The zero-order chi connectivity index (χ0) is 19.0. The molecule has 4 rings (SSSR count). The van der Waals surface area contributed by atoms with E-state index in [0.29, 0.717) is 17.0 Å². The lowest BCUT2D eigenvalue weighted by Gasteiger charge is -2.14. The molecule has 1 aliphatic rings. The lowest BCUT2D eigenvalue weighted by molar-refractivity contribution is 0.0734. The van der Waals surface area contributed by atoms with Crippen LogP contribution in [0.3, 0.4) is 0 Å². The van der Waals surface area contributed by atoms with Crippen molar-refractivity contribution in [2.75, 3.05) is 4.90 Å². The number of nitrogens with zero attached hydrogens (tertiary/aromatic N) is 2. The van der Waals surface area contributed by atoms with Gasteiger partial charge in [0.05, 0.1) is 16.8 Å². The standard InChI is InChI=1S/C20H11IN2O4/c21-13-5-9-15(10-6-13)27-20(26)12-3-7-14(8-4-12)23-18(24)16-2-1-11-22-17(16)19(23)25/h1-11H. The lowest BCUT2D eigenvalue weighted by atomic mass is 10.2. The molecule has 0 atom stereocenters. The van der Waals surface area contributed by atoms with Crippen molar-refractivity contribution in [3.8, 4) is 5.75 Å². The number of halogens is 1. The summed E-state index contributed by atoms with van der Waals surface area (Å²) in [5.41, 5.74) is 1.08. The molecule has 3 aromatic rings. The normalized spacial score (nSPS) is 12.9. The van der Waals surface area contributed by atoms with Crippen molar-refractivity contribution < 1.29 is 19.1 Å².